The van der Waals surface area contributed by atoms with Gasteiger partial charge in [-0.25, -0.2) is 8.78 Å². The van der Waals surface area contributed by atoms with Crippen LogP contribution in [0.5, 0.6) is 5.75 Å². The number of nitrogen functional groups attached to an aromatic ring is 1. The third-order valence-corrected chi connectivity index (χ3v) is 2.70. The van der Waals surface area contributed by atoms with Gasteiger partial charge in [-0.15, -0.1) is 0 Å². The molecule has 4 nitrogen and oxygen atoms in total. The van der Waals surface area contributed by atoms with Gasteiger partial charge in [-0.05, 0) is 24.3 Å². The van der Waals surface area contributed by atoms with Gasteiger partial charge in [-0.1, -0.05) is 6.07 Å². The molecular formula is C15H13F2N3O. The molecule has 0 radical (unpaired) electrons. The monoisotopic (exact) mass is 289 g/mol. The Morgan fingerprint density at radius 2 is 1.90 bits per heavy atom. The number of anilines is 2. The van der Waals surface area contributed by atoms with Crippen LogP contribution in [0.25, 0.3) is 0 Å². The fourth-order valence-corrected chi connectivity index (χ4v) is 1.76. The number of hydrogen-bond donors (Lipinski definition) is 2. The van der Waals surface area contributed by atoms with Crippen LogP contribution >= 0.6 is 0 Å². The summed E-state index contributed by atoms with van der Waals surface area (Å²) in [5.41, 5.74) is 5.84. The molecule has 0 aliphatic carbocycles. The lowest BCUT2D eigenvalue weighted by Crippen LogP contribution is -2.13. The lowest BCUT2D eigenvalue weighted by Gasteiger charge is -2.10. The van der Waals surface area contributed by atoms with Crippen molar-refractivity contribution in [3.05, 3.63) is 53.6 Å². The molecule has 108 valence electrons. The second-order valence-electron chi connectivity index (χ2n) is 4.27. The van der Waals surface area contributed by atoms with Gasteiger partial charge < -0.3 is 15.8 Å². The molecule has 0 aliphatic heterocycles. The summed E-state index contributed by atoms with van der Waals surface area (Å²) < 4.78 is 32.6. The molecular weight excluding hydrogens is 276 g/mol. The number of rotatable bonds is 5. The third kappa shape index (κ3) is 3.83. The van der Waals surface area contributed by atoms with Crippen LogP contribution in [0.1, 0.15) is 5.56 Å². The highest BCUT2D eigenvalue weighted by Gasteiger charge is 2.10. The summed E-state index contributed by atoms with van der Waals surface area (Å²) in [6, 6.07) is 10.5. The summed E-state index contributed by atoms with van der Waals surface area (Å²) in [4.78, 5) is 0. The summed E-state index contributed by atoms with van der Waals surface area (Å²) in [6.07, 6.45) is 0. The van der Waals surface area contributed by atoms with E-state index < -0.39 is 11.6 Å². The first-order valence-corrected chi connectivity index (χ1v) is 6.21. The van der Waals surface area contributed by atoms with Gasteiger partial charge in [0.25, 0.3) is 0 Å². The Kier molecular flexibility index (Phi) is 4.57. The Labute approximate surface area is 120 Å². The van der Waals surface area contributed by atoms with E-state index in [0.717, 1.165) is 12.1 Å². The van der Waals surface area contributed by atoms with Crippen molar-refractivity contribution in [1.82, 2.24) is 0 Å². The molecule has 0 aromatic heterocycles. The fourth-order valence-electron chi connectivity index (χ4n) is 1.76. The normalized spacial score (nSPS) is 9.95. The second-order valence-corrected chi connectivity index (χ2v) is 4.27. The predicted octanol–water partition coefficient (Wildman–Crippen LogP) is 2.91. The Balaban J connectivity index is 1.91. The van der Waals surface area contributed by atoms with Gasteiger partial charge in [0.1, 0.15) is 18.0 Å². The lowest BCUT2D eigenvalue weighted by atomic mass is 10.2. The van der Waals surface area contributed by atoms with E-state index in [1.54, 1.807) is 30.3 Å². The molecule has 2 aromatic carbocycles. The molecule has 0 saturated carbocycles. The highest BCUT2D eigenvalue weighted by Crippen LogP contribution is 2.20. The van der Waals surface area contributed by atoms with Gasteiger partial charge >= 0.3 is 0 Å². The Hall–Kier alpha value is -2.81. The number of nitrogens with one attached hydrogen (secondary N) is 1. The minimum atomic E-state index is -0.810. The summed E-state index contributed by atoms with van der Waals surface area (Å²) in [7, 11) is 0. The molecule has 0 fully saturated rings. The third-order valence-electron chi connectivity index (χ3n) is 2.70. The van der Waals surface area contributed by atoms with Crippen LogP contribution in [0.15, 0.2) is 36.4 Å². The molecule has 0 spiro atoms. The summed E-state index contributed by atoms with van der Waals surface area (Å²) in [6.45, 7) is 0.414. The van der Waals surface area contributed by atoms with Crippen LogP contribution in [0.3, 0.4) is 0 Å². The molecule has 6 heteroatoms. The highest BCUT2D eigenvalue weighted by atomic mass is 19.1. The average molecular weight is 289 g/mol. The van der Waals surface area contributed by atoms with E-state index in [1.807, 2.05) is 0 Å². The lowest BCUT2D eigenvalue weighted by molar-refractivity contribution is 0.332. The number of nitrogens with two attached hydrogens (primary N) is 1. The van der Waals surface area contributed by atoms with E-state index in [1.165, 1.54) is 0 Å². The number of hydrogen-bond acceptors (Lipinski definition) is 4. The highest BCUT2D eigenvalue weighted by molar-refractivity contribution is 5.50. The molecule has 0 aliphatic rings. The largest absolute Gasteiger partial charge is 0.492 e. The van der Waals surface area contributed by atoms with Gasteiger partial charge in [-0.3, -0.25) is 0 Å². The van der Waals surface area contributed by atoms with Gasteiger partial charge in [0, 0.05) is 18.3 Å². The maximum absolute atomic E-state index is 13.6. The van der Waals surface area contributed by atoms with Crippen molar-refractivity contribution < 1.29 is 13.5 Å². The zero-order valence-corrected chi connectivity index (χ0v) is 11.1. The predicted molar refractivity (Wildman–Crippen MR) is 75.9 cm³/mol. The van der Waals surface area contributed by atoms with E-state index in [9.17, 15) is 8.78 Å². The first-order valence-electron chi connectivity index (χ1n) is 6.21. The molecule has 2 rings (SSSR count). The van der Waals surface area contributed by atoms with Crippen molar-refractivity contribution in [1.29, 1.82) is 5.26 Å². The van der Waals surface area contributed by atoms with Gasteiger partial charge in [0.2, 0.25) is 0 Å². The minimum absolute atomic E-state index is 0.0634. The number of ether oxygens (including phenoxy) is 1. The summed E-state index contributed by atoms with van der Waals surface area (Å²) in [5.74, 6) is -1.04. The minimum Gasteiger partial charge on any atom is -0.492 e. The van der Waals surface area contributed by atoms with E-state index in [-0.39, 0.29) is 24.4 Å². The molecule has 21 heavy (non-hydrogen) atoms. The molecule has 2 aromatic rings. The smallest absolute Gasteiger partial charge is 0.150 e. The first kappa shape index (κ1) is 14.6. The zero-order chi connectivity index (χ0) is 15.2. The van der Waals surface area contributed by atoms with E-state index in [2.05, 4.69) is 5.32 Å². The first-order chi connectivity index (χ1) is 10.1. The molecule has 0 saturated heterocycles. The molecule has 0 amide bonds. The van der Waals surface area contributed by atoms with Crippen LogP contribution in [0, 0.1) is 23.0 Å². The van der Waals surface area contributed by atoms with Gasteiger partial charge in [0.05, 0.1) is 11.6 Å². The Morgan fingerprint density at radius 1 is 1.19 bits per heavy atom. The van der Waals surface area contributed by atoms with Gasteiger partial charge in [-0.2, -0.15) is 5.26 Å². The van der Waals surface area contributed by atoms with Crippen LogP contribution in [0.4, 0.5) is 20.2 Å². The van der Waals surface area contributed by atoms with Crippen molar-refractivity contribution >= 4 is 11.4 Å². The average Bonchev–Trinajstić information content (AvgIpc) is 2.45. The van der Waals surface area contributed by atoms with Crippen LogP contribution in [-0.4, -0.2) is 13.2 Å². The van der Waals surface area contributed by atoms with Crippen molar-refractivity contribution in [2.45, 2.75) is 0 Å². The topological polar surface area (TPSA) is 71.1 Å². The maximum atomic E-state index is 13.6. The molecule has 0 unspecified atom stereocenters. The summed E-state index contributed by atoms with van der Waals surface area (Å²) >= 11 is 0. The Morgan fingerprint density at radius 3 is 2.52 bits per heavy atom. The number of benzene rings is 2. The van der Waals surface area contributed by atoms with E-state index in [4.69, 9.17) is 15.7 Å². The SMILES string of the molecule is N#Cc1cc(F)c(NCCOc2cccc(N)c2)c(F)c1. The number of nitriles is 1. The van der Waals surface area contributed by atoms with E-state index in [0.29, 0.717) is 11.4 Å². The van der Waals surface area contributed by atoms with Crippen molar-refractivity contribution in [3.63, 3.8) is 0 Å². The van der Waals surface area contributed by atoms with Crippen LogP contribution in [-0.2, 0) is 0 Å². The second kappa shape index (κ2) is 6.57. The molecule has 0 bridgehead atoms. The van der Waals surface area contributed by atoms with Crippen LogP contribution in [0.2, 0.25) is 0 Å². The zero-order valence-electron chi connectivity index (χ0n) is 11.1. The quantitative estimate of drug-likeness (QED) is 0.656. The van der Waals surface area contributed by atoms with Crippen molar-refractivity contribution in [2.24, 2.45) is 0 Å². The van der Waals surface area contributed by atoms with Crippen molar-refractivity contribution in [3.8, 4) is 11.8 Å². The van der Waals surface area contributed by atoms with E-state index >= 15 is 0 Å². The number of nitrogens with zero attached hydrogens (tertiary/aromatic N) is 1. The fraction of sp³-hybridized carbons (Fsp3) is 0.133. The maximum Gasteiger partial charge on any atom is 0.150 e. The number of halogens is 2. The van der Waals surface area contributed by atoms with Crippen LogP contribution < -0.4 is 15.8 Å². The summed E-state index contributed by atoms with van der Waals surface area (Å²) in [5, 5.41) is 11.2. The molecule has 0 heterocycles. The van der Waals surface area contributed by atoms with Gasteiger partial charge in [0.15, 0.2) is 11.6 Å². The Bertz CT molecular complexity index is 660. The van der Waals surface area contributed by atoms with Crippen molar-refractivity contribution in [2.75, 3.05) is 24.2 Å². The standard InChI is InChI=1S/C15H13F2N3O/c16-13-6-10(9-18)7-14(17)15(13)20-4-5-21-12-3-1-2-11(19)8-12/h1-3,6-8,20H,4-5,19H2. The molecule has 0 atom stereocenters. The molecule has 3 N–H and O–H groups in total.